The van der Waals surface area contributed by atoms with Gasteiger partial charge in [-0.2, -0.15) is 0 Å². The minimum absolute atomic E-state index is 0. The molecule has 0 aromatic rings. The Hall–Kier alpha value is 1.80. The van der Waals surface area contributed by atoms with Crippen LogP contribution in [0.3, 0.4) is 0 Å². The van der Waals surface area contributed by atoms with E-state index in [9.17, 15) is 0 Å². The molecule has 4 heteroatoms. The predicted octanol–water partition coefficient (Wildman–Crippen LogP) is -1.14. The molecule has 0 nitrogen and oxygen atoms in total. The van der Waals surface area contributed by atoms with Crippen molar-refractivity contribution in [3.63, 3.8) is 0 Å². The van der Waals surface area contributed by atoms with Crippen LogP contribution in [0.2, 0.25) is 0 Å². The summed E-state index contributed by atoms with van der Waals surface area (Å²) in [5, 5.41) is 0. The molecule has 0 aromatic heterocycles. The predicted molar refractivity (Wildman–Crippen MR) is 17.3 cm³/mol. The third-order valence-electron chi connectivity index (χ3n) is 0. The van der Waals surface area contributed by atoms with Crippen molar-refractivity contribution in [3.8, 4) is 0 Å². The molecule has 0 bridgehead atoms. The van der Waals surface area contributed by atoms with Crippen LogP contribution in [0.25, 0.3) is 0 Å². The SMILES string of the molecule is [B].[In].[Ir].[Si]. The molecule has 0 aliphatic carbocycles. The quantitative estimate of drug-likeness (QED) is 0.487. The third-order valence-corrected chi connectivity index (χ3v) is 0. The molecule has 0 spiro atoms. The molecule has 19 valence electrons. The average molecular weight is 346 g/mol. The van der Waals surface area contributed by atoms with Gasteiger partial charge in [0.1, 0.15) is 0 Å². The van der Waals surface area contributed by atoms with Crippen LogP contribution in [-0.2, 0) is 20.1 Å². The van der Waals surface area contributed by atoms with Crippen molar-refractivity contribution < 1.29 is 20.1 Å². The second-order valence-electron chi connectivity index (χ2n) is 0. The molecular weight excluding hydrogens is 346 g/mol. The van der Waals surface area contributed by atoms with Gasteiger partial charge >= 0.3 is 0 Å². The van der Waals surface area contributed by atoms with Gasteiger partial charge in [0.05, 0.1) is 0 Å². The van der Waals surface area contributed by atoms with E-state index in [0.717, 1.165) is 0 Å². The summed E-state index contributed by atoms with van der Waals surface area (Å²) in [4.78, 5) is 0. The molecule has 0 fully saturated rings. The number of hydrogen-bond donors (Lipinski definition) is 0. The standard InChI is InChI=1S/B.In.Ir.Si. The molecule has 0 saturated carbocycles. The fourth-order valence-electron chi connectivity index (χ4n) is 0. The molecular formula is BInIrSi. The van der Waals surface area contributed by atoms with Crippen molar-refractivity contribution >= 4 is 45.2 Å². The maximum atomic E-state index is 0. The van der Waals surface area contributed by atoms with Crippen molar-refractivity contribution in [2.45, 2.75) is 0 Å². The van der Waals surface area contributed by atoms with Crippen LogP contribution in [0.15, 0.2) is 0 Å². The summed E-state index contributed by atoms with van der Waals surface area (Å²) in [7, 11) is 0. The molecule has 0 aliphatic heterocycles. The Morgan fingerprint density at radius 2 is 1.00 bits per heavy atom. The molecule has 0 aromatic carbocycles. The summed E-state index contributed by atoms with van der Waals surface area (Å²) in [6.07, 6.45) is 0. The Morgan fingerprint density at radius 1 is 1.00 bits per heavy atom. The smallest absolute Gasteiger partial charge is 0 e. The van der Waals surface area contributed by atoms with E-state index >= 15 is 0 Å². The minimum Gasteiger partial charge on any atom is 0 e. The number of rotatable bonds is 0. The zero-order chi connectivity index (χ0) is 0. The van der Waals surface area contributed by atoms with Gasteiger partial charge in [-0.25, -0.2) is 0 Å². The monoisotopic (exact) mass is 347 g/mol. The summed E-state index contributed by atoms with van der Waals surface area (Å²) in [5.74, 6) is 0. The van der Waals surface area contributed by atoms with Crippen LogP contribution < -0.4 is 0 Å². The summed E-state index contributed by atoms with van der Waals surface area (Å²) in [6.45, 7) is 0. The Labute approximate surface area is 64.9 Å². The van der Waals surface area contributed by atoms with Crippen LogP contribution >= 0.6 is 0 Å². The molecule has 0 heterocycles. The maximum absolute atomic E-state index is 0. The second kappa shape index (κ2) is 21.4. The first kappa shape index (κ1) is 41.2. The fraction of sp³-hybridized carbons (Fsp3) is 0. The zero-order valence-corrected chi connectivity index (χ0v) is 8.68. The summed E-state index contributed by atoms with van der Waals surface area (Å²) >= 11 is 0. The van der Waals surface area contributed by atoms with Crippen LogP contribution in [0.1, 0.15) is 0 Å². The molecule has 11 radical (unpaired) electrons. The van der Waals surface area contributed by atoms with E-state index in [0.29, 0.717) is 0 Å². The molecule has 0 unspecified atom stereocenters. The van der Waals surface area contributed by atoms with Crippen molar-refractivity contribution in [2.24, 2.45) is 0 Å². The molecule has 0 atom stereocenters. The first-order chi connectivity index (χ1) is 0. The van der Waals surface area contributed by atoms with Crippen LogP contribution in [0, 0.1) is 0 Å². The average Bonchev–Trinajstić information content (AvgIpc) is 0. The normalized spacial score (nSPS) is 0. The van der Waals surface area contributed by atoms with Gasteiger partial charge in [-0.3, -0.25) is 0 Å². The van der Waals surface area contributed by atoms with Crippen LogP contribution in [0.5, 0.6) is 0 Å². The molecule has 0 aliphatic rings. The first-order valence-electron chi connectivity index (χ1n) is 0. The minimum atomic E-state index is 0. The maximum Gasteiger partial charge on any atom is 0 e. The van der Waals surface area contributed by atoms with Gasteiger partial charge in [0, 0.05) is 65.3 Å². The Morgan fingerprint density at radius 3 is 1.00 bits per heavy atom. The van der Waals surface area contributed by atoms with Crippen molar-refractivity contribution in [3.05, 3.63) is 0 Å². The van der Waals surface area contributed by atoms with Crippen LogP contribution in [0.4, 0.5) is 0 Å². The summed E-state index contributed by atoms with van der Waals surface area (Å²) in [6, 6.07) is 0. The molecule has 0 rings (SSSR count). The van der Waals surface area contributed by atoms with Gasteiger partial charge in [-0.1, -0.05) is 0 Å². The van der Waals surface area contributed by atoms with Crippen LogP contribution in [-0.4, -0.2) is 45.2 Å². The largest absolute Gasteiger partial charge is 0 e. The second-order valence-corrected chi connectivity index (χ2v) is 0. The van der Waals surface area contributed by atoms with Gasteiger partial charge in [-0.05, 0) is 0 Å². The topological polar surface area (TPSA) is 0 Å². The Balaban J connectivity index is 0. The molecule has 0 amide bonds. The van der Waals surface area contributed by atoms with Gasteiger partial charge < -0.3 is 0 Å². The van der Waals surface area contributed by atoms with Gasteiger partial charge in [0.2, 0.25) is 0 Å². The Bertz CT molecular complexity index is 8.00. The first-order valence-corrected chi connectivity index (χ1v) is 0. The zero-order valence-electron chi connectivity index (χ0n) is 1.99. The molecule has 0 saturated heterocycles. The number of hydrogen-bond acceptors (Lipinski definition) is 0. The van der Waals surface area contributed by atoms with E-state index in [4.69, 9.17) is 0 Å². The van der Waals surface area contributed by atoms with E-state index in [2.05, 4.69) is 0 Å². The van der Waals surface area contributed by atoms with Gasteiger partial charge in [-0.15, -0.1) is 0 Å². The van der Waals surface area contributed by atoms with E-state index < -0.39 is 0 Å². The van der Waals surface area contributed by atoms with Gasteiger partial charge in [0.25, 0.3) is 0 Å². The Kier molecular flexibility index (Phi) is 220. The van der Waals surface area contributed by atoms with E-state index in [1.165, 1.54) is 0 Å². The summed E-state index contributed by atoms with van der Waals surface area (Å²) in [5.41, 5.74) is 0. The van der Waals surface area contributed by atoms with E-state index in [1.807, 2.05) is 0 Å². The van der Waals surface area contributed by atoms with Crippen molar-refractivity contribution in [1.29, 1.82) is 0 Å². The van der Waals surface area contributed by atoms with Crippen molar-refractivity contribution in [2.75, 3.05) is 0 Å². The van der Waals surface area contributed by atoms with Gasteiger partial charge in [0.15, 0.2) is 0 Å². The molecule has 0 N–H and O–H groups in total. The van der Waals surface area contributed by atoms with Crippen molar-refractivity contribution in [1.82, 2.24) is 0 Å². The van der Waals surface area contributed by atoms with E-state index in [1.54, 1.807) is 0 Å². The third kappa shape index (κ3) is 9.19. The fourth-order valence-corrected chi connectivity index (χ4v) is 0. The molecule has 4 heavy (non-hydrogen) atoms. The summed E-state index contributed by atoms with van der Waals surface area (Å²) < 4.78 is 0. The van der Waals surface area contributed by atoms with E-state index in [-0.39, 0.29) is 65.3 Å².